The molecule has 4 nitrogen and oxygen atoms in total. The third-order valence-electron chi connectivity index (χ3n) is 3.29. The summed E-state index contributed by atoms with van der Waals surface area (Å²) in [6.45, 7) is 0. The highest BCUT2D eigenvalue weighted by Gasteiger charge is 2.18. The summed E-state index contributed by atoms with van der Waals surface area (Å²) in [5.74, 6) is -0.182. The molecule has 0 spiro atoms. The number of carbonyl (C=O) groups excluding carboxylic acids is 1. The first kappa shape index (κ1) is 13.5. The van der Waals surface area contributed by atoms with Gasteiger partial charge >= 0.3 is 0 Å². The molecule has 0 N–H and O–H groups in total. The molecule has 2 heterocycles. The second kappa shape index (κ2) is 5.50. The van der Waals surface area contributed by atoms with Crippen LogP contribution in [0.4, 0.5) is 5.69 Å². The fourth-order valence-corrected chi connectivity index (χ4v) is 2.42. The molecule has 21 heavy (non-hydrogen) atoms. The molecule has 3 rings (SSSR count). The monoisotopic (exact) mass is 297 g/mol. The van der Waals surface area contributed by atoms with Gasteiger partial charge in [0.15, 0.2) is 0 Å². The van der Waals surface area contributed by atoms with Gasteiger partial charge in [0.1, 0.15) is 0 Å². The molecule has 0 saturated carbocycles. The number of nitrogens with zero attached hydrogens (tertiary/aromatic N) is 3. The van der Waals surface area contributed by atoms with Crippen LogP contribution >= 0.6 is 11.6 Å². The number of anilines is 1. The van der Waals surface area contributed by atoms with Crippen molar-refractivity contribution in [1.82, 2.24) is 9.97 Å². The van der Waals surface area contributed by atoms with Crippen LogP contribution in [-0.2, 0) is 0 Å². The van der Waals surface area contributed by atoms with E-state index in [0.717, 1.165) is 16.6 Å². The first-order chi connectivity index (χ1) is 10.2. The molecule has 0 fully saturated rings. The van der Waals surface area contributed by atoms with Gasteiger partial charge in [-0.15, -0.1) is 0 Å². The van der Waals surface area contributed by atoms with Gasteiger partial charge in [-0.2, -0.15) is 0 Å². The Morgan fingerprint density at radius 1 is 1.14 bits per heavy atom. The number of amides is 1. The summed E-state index contributed by atoms with van der Waals surface area (Å²) in [6, 6.07) is 11.1. The van der Waals surface area contributed by atoms with Crippen LogP contribution in [0.25, 0.3) is 10.9 Å². The maximum absolute atomic E-state index is 12.6. The predicted molar refractivity (Wildman–Crippen MR) is 83.7 cm³/mol. The number of rotatable bonds is 2. The molecule has 0 aliphatic carbocycles. The molecule has 0 aliphatic rings. The van der Waals surface area contributed by atoms with Crippen LogP contribution in [0, 0.1) is 0 Å². The third kappa shape index (κ3) is 2.45. The standard InChI is InChI=1S/C16H12ClN3O/c1-20(16(21)11-7-9-18-10-13(11)17)15-6-2-5-14-12(15)4-3-8-19-14/h2-10H,1H3. The van der Waals surface area contributed by atoms with Gasteiger partial charge in [0.05, 0.1) is 21.8 Å². The molecule has 2 aromatic heterocycles. The van der Waals surface area contributed by atoms with Gasteiger partial charge in [0.25, 0.3) is 5.91 Å². The van der Waals surface area contributed by atoms with E-state index in [2.05, 4.69) is 9.97 Å². The van der Waals surface area contributed by atoms with E-state index in [9.17, 15) is 4.79 Å². The molecule has 0 radical (unpaired) electrons. The Kier molecular flexibility index (Phi) is 3.54. The molecule has 0 bridgehead atoms. The first-order valence-electron chi connectivity index (χ1n) is 6.40. The Morgan fingerprint density at radius 2 is 2.00 bits per heavy atom. The molecular formula is C16H12ClN3O. The highest BCUT2D eigenvalue weighted by Crippen LogP contribution is 2.26. The maximum Gasteiger partial charge on any atom is 0.259 e. The minimum atomic E-state index is -0.182. The average Bonchev–Trinajstić information content (AvgIpc) is 2.53. The Bertz CT molecular complexity index is 814. The summed E-state index contributed by atoms with van der Waals surface area (Å²) in [7, 11) is 1.72. The molecule has 1 amide bonds. The van der Waals surface area contributed by atoms with Gasteiger partial charge in [-0.3, -0.25) is 14.8 Å². The number of hydrogen-bond acceptors (Lipinski definition) is 3. The van der Waals surface area contributed by atoms with Gasteiger partial charge in [0, 0.05) is 31.0 Å². The highest BCUT2D eigenvalue weighted by molar-refractivity contribution is 6.34. The molecule has 5 heteroatoms. The Labute approximate surface area is 127 Å². The van der Waals surface area contributed by atoms with Crippen LogP contribution < -0.4 is 4.90 Å². The lowest BCUT2D eigenvalue weighted by atomic mass is 10.1. The zero-order valence-electron chi connectivity index (χ0n) is 11.3. The summed E-state index contributed by atoms with van der Waals surface area (Å²) < 4.78 is 0. The van der Waals surface area contributed by atoms with E-state index in [4.69, 9.17) is 11.6 Å². The van der Waals surface area contributed by atoms with Crippen LogP contribution in [0.5, 0.6) is 0 Å². The van der Waals surface area contributed by atoms with Crippen molar-refractivity contribution in [3.8, 4) is 0 Å². The predicted octanol–water partition coefficient (Wildman–Crippen LogP) is 3.56. The normalized spacial score (nSPS) is 10.6. The van der Waals surface area contributed by atoms with E-state index < -0.39 is 0 Å². The summed E-state index contributed by atoms with van der Waals surface area (Å²) >= 11 is 6.05. The van der Waals surface area contributed by atoms with Crippen molar-refractivity contribution in [3.05, 3.63) is 65.6 Å². The maximum atomic E-state index is 12.6. The van der Waals surface area contributed by atoms with Crippen molar-refractivity contribution in [3.63, 3.8) is 0 Å². The van der Waals surface area contributed by atoms with Gasteiger partial charge in [-0.05, 0) is 30.3 Å². The zero-order chi connectivity index (χ0) is 14.8. The van der Waals surface area contributed by atoms with Crippen molar-refractivity contribution in [1.29, 1.82) is 0 Å². The quantitative estimate of drug-likeness (QED) is 0.726. The molecule has 0 unspecified atom stereocenters. The molecule has 1 aromatic carbocycles. The largest absolute Gasteiger partial charge is 0.311 e. The van der Waals surface area contributed by atoms with Crippen LogP contribution in [-0.4, -0.2) is 22.9 Å². The zero-order valence-corrected chi connectivity index (χ0v) is 12.1. The number of benzene rings is 1. The Balaban J connectivity index is 2.07. The lowest BCUT2D eigenvalue weighted by Gasteiger charge is -2.19. The van der Waals surface area contributed by atoms with Crippen LogP contribution in [0.2, 0.25) is 5.02 Å². The second-order valence-corrected chi connectivity index (χ2v) is 4.97. The van der Waals surface area contributed by atoms with E-state index in [1.807, 2.05) is 30.3 Å². The number of fused-ring (bicyclic) bond motifs is 1. The summed E-state index contributed by atoms with van der Waals surface area (Å²) in [6.07, 6.45) is 4.75. The number of carbonyl (C=O) groups is 1. The van der Waals surface area contributed by atoms with Gasteiger partial charge in [0.2, 0.25) is 0 Å². The fourth-order valence-electron chi connectivity index (χ4n) is 2.22. The van der Waals surface area contributed by atoms with Crippen molar-refractivity contribution in [2.75, 3.05) is 11.9 Å². The Morgan fingerprint density at radius 3 is 2.81 bits per heavy atom. The van der Waals surface area contributed by atoms with E-state index in [-0.39, 0.29) is 5.91 Å². The Hall–Kier alpha value is -2.46. The number of halogens is 1. The number of aromatic nitrogens is 2. The van der Waals surface area contributed by atoms with Crippen LogP contribution in [0.15, 0.2) is 55.0 Å². The van der Waals surface area contributed by atoms with Crippen molar-refractivity contribution in [2.24, 2.45) is 0 Å². The van der Waals surface area contributed by atoms with E-state index in [0.29, 0.717) is 10.6 Å². The molecule has 0 aliphatic heterocycles. The summed E-state index contributed by atoms with van der Waals surface area (Å²) in [5.41, 5.74) is 2.06. The summed E-state index contributed by atoms with van der Waals surface area (Å²) in [5, 5.41) is 1.26. The van der Waals surface area contributed by atoms with Crippen LogP contribution in [0.1, 0.15) is 10.4 Å². The minimum Gasteiger partial charge on any atom is -0.311 e. The average molecular weight is 298 g/mol. The van der Waals surface area contributed by atoms with Crippen molar-refractivity contribution < 1.29 is 4.79 Å². The van der Waals surface area contributed by atoms with Crippen molar-refractivity contribution >= 4 is 34.1 Å². The first-order valence-corrected chi connectivity index (χ1v) is 6.77. The number of pyridine rings is 2. The van der Waals surface area contributed by atoms with Gasteiger partial charge < -0.3 is 4.90 Å². The third-order valence-corrected chi connectivity index (χ3v) is 3.59. The van der Waals surface area contributed by atoms with Crippen molar-refractivity contribution in [2.45, 2.75) is 0 Å². The molecule has 0 atom stereocenters. The SMILES string of the molecule is CN(C(=O)c1ccncc1Cl)c1cccc2ncccc12. The molecule has 104 valence electrons. The van der Waals surface area contributed by atoms with Crippen LogP contribution in [0.3, 0.4) is 0 Å². The minimum absolute atomic E-state index is 0.182. The van der Waals surface area contributed by atoms with Gasteiger partial charge in [-0.25, -0.2) is 0 Å². The van der Waals surface area contributed by atoms with Gasteiger partial charge in [-0.1, -0.05) is 17.7 Å². The van der Waals surface area contributed by atoms with E-state index in [1.165, 1.54) is 6.20 Å². The molecule has 3 aromatic rings. The topological polar surface area (TPSA) is 46.1 Å². The molecule has 0 saturated heterocycles. The fraction of sp³-hybridized carbons (Fsp3) is 0.0625. The smallest absolute Gasteiger partial charge is 0.259 e. The second-order valence-electron chi connectivity index (χ2n) is 4.57. The number of hydrogen-bond donors (Lipinski definition) is 0. The molecular weight excluding hydrogens is 286 g/mol. The highest BCUT2D eigenvalue weighted by atomic mass is 35.5. The van der Waals surface area contributed by atoms with E-state index >= 15 is 0 Å². The lowest BCUT2D eigenvalue weighted by molar-refractivity contribution is 0.0993. The van der Waals surface area contributed by atoms with E-state index in [1.54, 1.807) is 30.4 Å². The lowest BCUT2D eigenvalue weighted by Crippen LogP contribution is -2.26. The summed E-state index contributed by atoms with van der Waals surface area (Å²) in [4.78, 5) is 22.4.